The molecule has 0 unspecified atom stereocenters. The van der Waals surface area contributed by atoms with Gasteiger partial charge in [-0.25, -0.2) is 4.68 Å². The lowest BCUT2D eigenvalue weighted by atomic mass is 10.1. The van der Waals surface area contributed by atoms with Crippen LogP contribution >= 0.6 is 0 Å². The second-order valence-corrected chi connectivity index (χ2v) is 4.50. The minimum Gasteiger partial charge on any atom is -0.306 e. The number of benzene rings is 1. The molecule has 4 nitrogen and oxygen atoms in total. The minimum absolute atomic E-state index is 0.312. The smallest absolute Gasteiger partial charge is 0.0697 e. The molecule has 0 bridgehead atoms. The molecule has 0 amide bonds. The van der Waals surface area contributed by atoms with E-state index in [4.69, 9.17) is 0 Å². The maximum atomic E-state index is 3.96. The van der Waals surface area contributed by atoms with Crippen molar-refractivity contribution in [3.05, 3.63) is 54.4 Å². The molecular weight excluding hydrogens is 224 g/mol. The normalized spacial score (nSPS) is 12.3. The molecule has 0 saturated carbocycles. The van der Waals surface area contributed by atoms with Crippen LogP contribution in [0.3, 0.4) is 0 Å². The number of hydrogen-bond donors (Lipinski definition) is 1. The number of hydrogen-bond acceptors (Lipinski definition) is 3. The molecule has 0 aliphatic carbocycles. The van der Waals surface area contributed by atoms with Crippen LogP contribution in [0.5, 0.6) is 0 Å². The zero-order valence-electron chi connectivity index (χ0n) is 10.8. The summed E-state index contributed by atoms with van der Waals surface area (Å²) in [5.41, 5.74) is 3.41. The third-order valence-corrected chi connectivity index (χ3v) is 2.79. The number of nitrogens with one attached hydrogen (secondary N) is 1. The molecule has 1 aromatic heterocycles. The van der Waals surface area contributed by atoms with Crippen molar-refractivity contribution in [1.29, 1.82) is 0 Å². The van der Waals surface area contributed by atoms with Gasteiger partial charge in [0.25, 0.3) is 0 Å². The molecule has 1 atom stereocenters. The lowest BCUT2D eigenvalue weighted by molar-refractivity contribution is 0.607. The summed E-state index contributed by atoms with van der Waals surface area (Å²) in [5, 5.41) is 11.2. The van der Waals surface area contributed by atoms with Crippen LogP contribution in [0.1, 0.15) is 25.5 Å². The van der Waals surface area contributed by atoms with Crippen molar-refractivity contribution in [1.82, 2.24) is 20.3 Å². The maximum absolute atomic E-state index is 3.96. The fraction of sp³-hybridized carbons (Fsp3) is 0.286. The molecule has 4 heteroatoms. The Morgan fingerprint density at radius 2 is 2.11 bits per heavy atom. The Balaban J connectivity index is 2.05. The first-order valence-corrected chi connectivity index (χ1v) is 6.01. The van der Waals surface area contributed by atoms with Gasteiger partial charge in [0.2, 0.25) is 0 Å². The van der Waals surface area contributed by atoms with Gasteiger partial charge in [0.1, 0.15) is 0 Å². The Bertz CT molecular complexity index is 499. The van der Waals surface area contributed by atoms with E-state index in [0.29, 0.717) is 6.04 Å². The van der Waals surface area contributed by atoms with Crippen LogP contribution in [0.4, 0.5) is 0 Å². The van der Waals surface area contributed by atoms with Crippen molar-refractivity contribution >= 4 is 0 Å². The molecule has 2 aromatic rings. The molecular formula is C14H18N4. The number of nitrogens with zero attached hydrogens (tertiary/aromatic N) is 3. The van der Waals surface area contributed by atoms with Gasteiger partial charge in [0.15, 0.2) is 0 Å². The standard InChI is InChI=1S/C14H18N4/c1-11(2)10-15-12(3)13-4-6-14(7-5-13)18-9-8-16-17-18/h4-9,12,15H,1,10H2,2-3H3/t12-/m0/s1. The van der Waals surface area contributed by atoms with Gasteiger partial charge in [-0.1, -0.05) is 29.5 Å². The second kappa shape index (κ2) is 5.60. The summed E-state index contributed by atoms with van der Waals surface area (Å²) < 4.78 is 1.75. The van der Waals surface area contributed by atoms with Crippen LogP contribution in [-0.4, -0.2) is 21.5 Å². The molecule has 0 aliphatic heterocycles. The van der Waals surface area contributed by atoms with Crippen LogP contribution < -0.4 is 5.32 Å². The Labute approximate surface area is 107 Å². The zero-order chi connectivity index (χ0) is 13.0. The van der Waals surface area contributed by atoms with Crippen LogP contribution in [0, 0.1) is 0 Å². The van der Waals surface area contributed by atoms with Crippen LogP contribution in [0.2, 0.25) is 0 Å². The lowest BCUT2D eigenvalue weighted by Gasteiger charge is -2.14. The van der Waals surface area contributed by atoms with Gasteiger partial charge < -0.3 is 5.32 Å². The third kappa shape index (κ3) is 3.05. The highest BCUT2D eigenvalue weighted by molar-refractivity contribution is 5.34. The van der Waals surface area contributed by atoms with Crippen molar-refractivity contribution < 1.29 is 0 Å². The summed E-state index contributed by atoms with van der Waals surface area (Å²) in [6.45, 7) is 8.89. The van der Waals surface area contributed by atoms with Crippen molar-refractivity contribution in [3.63, 3.8) is 0 Å². The van der Waals surface area contributed by atoms with Gasteiger partial charge in [-0.2, -0.15) is 0 Å². The molecule has 0 fully saturated rings. The SMILES string of the molecule is C=C(C)CN[C@@H](C)c1ccc(-n2ccnn2)cc1. The van der Waals surface area contributed by atoms with Gasteiger partial charge in [0.05, 0.1) is 18.1 Å². The Morgan fingerprint density at radius 1 is 1.39 bits per heavy atom. The molecule has 1 aromatic carbocycles. The monoisotopic (exact) mass is 242 g/mol. The van der Waals surface area contributed by atoms with Crippen molar-refractivity contribution in [3.8, 4) is 5.69 Å². The summed E-state index contributed by atoms with van der Waals surface area (Å²) in [7, 11) is 0. The maximum Gasteiger partial charge on any atom is 0.0697 e. The first kappa shape index (κ1) is 12.5. The average molecular weight is 242 g/mol. The molecule has 94 valence electrons. The van der Waals surface area contributed by atoms with Crippen LogP contribution in [0.15, 0.2) is 48.8 Å². The summed E-state index contributed by atoms with van der Waals surface area (Å²) in [6.07, 6.45) is 3.50. The van der Waals surface area contributed by atoms with Crippen LogP contribution in [-0.2, 0) is 0 Å². The highest BCUT2D eigenvalue weighted by Crippen LogP contribution is 2.15. The van der Waals surface area contributed by atoms with E-state index >= 15 is 0 Å². The average Bonchev–Trinajstić information content (AvgIpc) is 2.90. The lowest BCUT2D eigenvalue weighted by Crippen LogP contribution is -2.20. The molecule has 0 aliphatic rings. The largest absolute Gasteiger partial charge is 0.306 e. The number of rotatable bonds is 5. The molecule has 18 heavy (non-hydrogen) atoms. The molecule has 1 N–H and O–H groups in total. The Kier molecular flexibility index (Phi) is 3.89. The highest BCUT2D eigenvalue weighted by Gasteiger charge is 2.05. The molecule has 0 spiro atoms. The molecule has 0 radical (unpaired) electrons. The minimum atomic E-state index is 0.312. The van der Waals surface area contributed by atoms with E-state index in [9.17, 15) is 0 Å². The van der Waals surface area contributed by atoms with Gasteiger partial charge in [-0.3, -0.25) is 0 Å². The number of aromatic nitrogens is 3. The van der Waals surface area contributed by atoms with Crippen molar-refractivity contribution in [2.75, 3.05) is 6.54 Å². The van der Waals surface area contributed by atoms with Gasteiger partial charge in [-0.05, 0) is 31.5 Å². The van der Waals surface area contributed by atoms with Gasteiger partial charge in [0, 0.05) is 12.6 Å². The van der Waals surface area contributed by atoms with E-state index in [1.165, 1.54) is 5.56 Å². The Hall–Kier alpha value is -1.94. The second-order valence-electron chi connectivity index (χ2n) is 4.50. The fourth-order valence-electron chi connectivity index (χ4n) is 1.71. The van der Waals surface area contributed by atoms with Crippen molar-refractivity contribution in [2.45, 2.75) is 19.9 Å². The summed E-state index contributed by atoms with van der Waals surface area (Å²) >= 11 is 0. The first-order valence-electron chi connectivity index (χ1n) is 6.01. The predicted octanol–water partition coefficient (Wildman–Crippen LogP) is 2.49. The van der Waals surface area contributed by atoms with E-state index < -0.39 is 0 Å². The fourth-order valence-corrected chi connectivity index (χ4v) is 1.71. The van der Waals surface area contributed by atoms with E-state index in [2.05, 4.69) is 41.3 Å². The summed E-state index contributed by atoms with van der Waals surface area (Å²) in [4.78, 5) is 0. The van der Waals surface area contributed by atoms with E-state index in [1.54, 1.807) is 10.9 Å². The van der Waals surface area contributed by atoms with E-state index in [1.807, 2.05) is 25.3 Å². The first-order chi connectivity index (χ1) is 8.66. The summed E-state index contributed by atoms with van der Waals surface area (Å²) in [6, 6.07) is 8.61. The molecule has 1 heterocycles. The van der Waals surface area contributed by atoms with Gasteiger partial charge in [-0.15, -0.1) is 5.10 Å². The van der Waals surface area contributed by atoms with Crippen molar-refractivity contribution in [2.24, 2.45) is 0 Å². The molecule has 0 saturated heterocycles. The van der Waals surface area contributed by atoms with E-state index in [-0.39, 0.29) is 0 Å². The summed E-state index contributed by atoms with van der Waals surface area (Å²) in [5.74, 6) is 0. The quantitative estimate of drug-likeness (QED) is 0.819. The molecule has 2 rings (SSSR count). The zero-order valence-corrected chi connectivity index (χ0v) is 10.8. The Morgan fingerprint density at radius 3 is 2.67 bits per heavy atom. The topological polar surface area (TPSA) is 42.7 Å². The van der Waals surface area contributed by atoms with Gasteiger partial charge >= 0.3 is 0 Å². The highest BCUT2D eigenvalue weighted by atomic mass is 15.4. The van der Waals surface area contributed by atoms with E-state index in [0.717, 1.165) is 17.8 Å². The predicted molar refractivity (Wildman–Crippen MR) is 72.6 cm³/mol. The third-order valence-electron chi connectivity index (χ3n) is 2.79. The van der Waals surface area contributed by atoms with Crippen LogP contribution in [0.25, 0.3) is 5.69 Å².